The summed E-state index contributed by atoms with van der Waals surface area (Å²) in [5.74, 6) is -0.312. The second kappa shape index (κ2) is 2.87. The van der Waals surface area contributed by atoms with E-state index in [2.05, 4.69) is 4.98 Å². The maximum absolute atomic E-state index is 12.7. The Morgan fingerprint density at radius 2 is 2.31 bits per heavy atom. The maximum atomic E-state index is 12.7. The Balaban J connectivity index is 2.57. The molecule has 0 bridgehead atoms. The molecule has 2 rings (SSSR count). The van der Waals surface area contributed by atoms with Crippen LogP contribution in [0, 0.1) is 17.1 Å². The number of halogens is 1. The normalized spacial score (nSPS) is 10.2. The average molecular weight is 175 g/mol. The minimum atomic E-state index is -0.312. The summed E-state index contributed by atoms with van der Waals surface area (Å²) < 4.78 is 14.3. The predicted molar refractivity (Wildman–Crippen MR) is 44.5 cm³/mol. The van der Waals surface area contributed by atoms with Crippen molar-refractivity contribution in [3.05, 3.63) is 36.0 Å². The number of pyridine rings is 1. The predicted octanol–water partition coefficient (Wildman–Crippen LogP) is 1.54. The fraction of sp³-hybridized carbons (Fsp3) is 0.111. The average Bonchev–Trinajstić information content (AvgIpc) is 2.46. The zero-order chi connectivity index (χ0) is 9.26. The third-order valence-corrected chi connectivity index (χ3v) is 1.73. The highest BCUT2D eigenvalue weighted by Gasteiger charge is 2.00. The molecule has 0 amide bonds. The SMILES string of the molecule is N#CCc1cn2cc(F)ccc2n1. The van der Waals surface area contributed by atoms with Gasteiger partial charge in [-0.25, -0.2) is 9.37 Å². The highest BCUT2D eigenvalue weighted by atomic mass is 19.1. The molecule has 0 aliphatic rings. The van der Waals surface area contributed by atoms with Crippen LogP contribution < -0.4 is 0 Å². The van der Waals surface area contributed by atoms with Crippen LogP contribution in [0.15, 0.2) is 24.5 Å². The van der Waals surface area contributed by atoms with Gasteiger partial charge in [0.05, 0.1) is 18.2 Å². The quantitative estimate of drug-likeness (QED) is 0.659. The van der Waals surface area contributed by atoms with Gasteiger partial charge in [0.1, 0.15) is 11.5 Å². The lowest BCUT2D eigenvalue weighted by Gasteiger charge is -1.90. The molecule has 0 saturated heterocycles. The molecule has 4 heteroatoms. The number of nitrogens with zero attached hydrogens (tertiary/aromatic N) is 3. The molecule has 0 saturated carbocycles. The van der Waals surface area contributed by atoms with Gasteiger partial charge in [-0.2, -0.15) is 5.26 Å². The smallest absolute Gasteiger partial charge is 0.139 e. The summed E-state index contributed by atoms with van der Waals surface area (Å²) in [7, 11) is 0. The molecule has 0 aromatic carbocycles. The molecule has 2 aromatic rings. The van der Waals surface area contributed by atoms with E-state index in [4.69, 9.17) is 5.26 Å². The van der Waals surface area contributed by atoms with E-state index in [0.29, 0.717) is 11.3 Å². The lowest BCUT2D eigenvalue weighted by Crippen LogP contribution is -1.83. The summed E-state index contributed by atoms with van der Waals surface area (Å²) in [4.78, 5) is 4.12. The number of hydrogen-bond donors (Lipinski definition) is 0. The van der Waals surface area contributed by atoms with Crippen molar-refractivity contribution < 1.29 is 4.39 Å². The molecule has 3 nitrogen and oxygen atoms in total. The van der Waals surface area contributed by atoms with Crippen molar-refractivity contribution in [2.24, 2.45) is 0 Å². The first kappa shape index (κ1) is 7.74. The van der Waals surface area contributed by atoms with Crippen LogP contribution in [0.5, 0.6) is 0 Å². The Labute approximate surface area is 74.1 Å². The Kier molecular flexibility index (Phi) is 1.71. The number of fused-ring (bicyclic) bond motifs is 1. The van der Waals surface area contributed by atoms with Crippen molar-refractivity contribution in [2.45, 2.75) is 6.42 Å². The molecular formula is C9H6FN3. The molecule has 0 N–H and O–H groups in total. The van der Waals surface area contributed by atoms with E-state index >= 15 is 0 Å². The van der Waals surface area contributed by atoms with Gasteiger partial charge >= 0.3 is 0 Å². The monoisotopic (exact) mass is 175 g/mol. The second-order valence-electron chi connectivity index (χ2n) is 2.68. The van der Waals surface area contributed by atoms with E-state index < -0.39 is 0 Å². The zero-order valence-electron chi connectivity index (χ0n) is 6.74. The van der Waals surface area contributed by atoms with Gasteiger partial charge in [0, 0.05) is 12.4 Å². The lowest BCUT2D eigenvalue weighted by atomic mass is 10.4. The van der Waals surface area contributed by atoms with E-state index in [1.165, 1.54) is 12.3 Å². The summed E-state index contributed by atoms with van der Waals surface area (Å²) in [6, 6.07) is 4.92. The van der Waals surface area contributed by atoms with Crippen LogP contribution in [0.3, 0.4) is 0 Å². The largest absolute Gasteiger partial charge is 0.304 e. The molecule has 0 aliphatic heterocycles. The van der Waals surface area contributed by atoms with Gasteiger partial charge in [0.15, 0.2) is 0 Å². The molecule has 0 radical (unpaired) electrons. The first-order valence-corrected chi connectivity index (χ1v) is 3.79. The second-order valence-corrected chi connectivity index (χ2v) is 2.68. The third-order valence-electron chi connectivity index (χ3n) is 1.73. The lowest BCUT2D eigenvalue weighted by molar-refractivity contribution is 0.619. The molecule has 0 aliphatic carbocycles. The van der Waals surface area contributed by atoms with Crippen LogP contribution >= 0.6 is 0 Å². The zero-order valence-corrected chi connectivity index (χ0v) is 6.74. The van der Waals surface area contributed by atoms with Gasteiger partial charge in [-0.05, 0) is 12.1 Å². The van der Waals surface area contributed by atoms with Crippen molar-refractivity contribution in [3.8, 4) is 6.07 Å². The fourth-order valence-corrected chi connectivity index (χ4v) is 1.18. The minimum absolute atomic E-state index is 0.253. The Morgan fingerprint density at radius 1 is 1.46 bits per heavy atom. The van der Waals surface area contributed by atoms with Crippen molar-refractivity contribution in [1.82, 2.24) is 9.38 Å². The van der Waals surface area contributed by atoms with Crippen LogP contribution in [0.1, 0.15) is 5.69 Å². The molecule has 0 fully saturated rings. The highest BCUT2D eigenvalue weighted by molar-refractivity contribution is 5.40. The van der Waals surface area contributed by atoms with Crippen molar-refractivity contribution in [3.63, 3.8) is 0 Å². The first-order chi connectivity index (χ1) is 6.29. The molecule has 64 valence electrons. The minimum Gasteiger partial charge on any atom is -0.304 e. The summed E-state index contributed by atoms with van der Waals surface area (Å²) in [5.41, 5.74) is 1.32. The number of rotatable bonds is 1. The van der Waals surface area contributed by atoms with Crippen LogP contribution in [-0.4, -0.2) is 9.38 Å². The van der Waals surface area contributed by atoms with Crippen LogP contribution in [0.4, 0.5) is 4.39 Å². The molecule has 0 atom stereocenters. The molecule has 0 unspecified atom stereocenters. The first-order valence-electron chi connectivity index (χ1n) is 3.79. The number of nitriles is 1. The Bertz CT molecular complexity index is 481. The number of aromatic nitrogens is 2. The van der Waals surface area contributed by atoms with Gasteiger partial charge in [0.25, 0.3) is 0 Å². The molecule has 13 heavy (non-hydrogen) atoms. The van der Waals surface area contributed by atoms with E-state index in [0.717, 1.165) is 0 Å². The van der Waals surface area contributed by atoms with E-state index in [9.17, 15) is 4.39 Å². The fourth-order valence-electron chi connectivity index (χ4n) is 1.18. The van der Waals surface area contributed by atoms with Crippen LogP contribution in [-0.2, 0) is 6.42 Å². The summed E-state index contributed by atoms with van der Waals surface area (Å²) in [5, 5.41) is 8.43. The topological polar surface area (TPSA) is 41.1 Å². The van der Waals surface area contributed by atoms with Crippen LogP contribution in [0.2, 0.25) is 0 Å². The van der Waals surface area contributed by atoms with E-state index in [1.54, 1.807) is 16.7 Å². The van der Waals surface area contributed by atoms with Crippen molar-refractivity contribution >= 4 is 5.65 Å². The number of hydrogen-bond acceptors (Lipinski definition) is 2. The standard InChI is InChI=1S/C9H6FN3/c10-7-1-2-9-12-8(3-4-11)6-13(9)5-7/h1-2,5-6H,3H2. The van der Waals surface area contributed by atoms with Gasteiger partial charge < -0.3 is 4.40 Å². The summed E-state index contributed by atoms with van der Waals surface area (Å²) in [6.07, 6.45) is 3.24. The molecule has 2 heterocycles. The maximum Gasteiger partial charge on any atom is 0.139 e. The van der Waals surface area contributed by atoms with Crippen molar-refractivity contribution in [2.75, 3.05) is 0 Å². The van der Waals surface area contributed by atoms with Gasteiger partial charge in [0.2, 0.25) is 0 Å². The number of imidazole rings is 1. The van der Waals surface area contributed by atoms with Gasteiger partial charge in [-0.3, -0.25) is 0 Å². The molecular weight excluding hydrogens is 169 g/mol. The van der Waals surface area contributed by atoms with Crippen LogP contribution in [0.25, 0.3) is 5.65 Å². The van der Waals surface area contributed by atoms with Crippen molar-refractivity contribution in [1.29, 1.82) is 5.26 Å². The highest BCUT2D eigenvalue weighted by Crippen LogP contribution is 2.06. The molecule has 0 spiro atoms. The summed E-state index contributed by atoms with van der Waals surface area (Å²) >= 11 is 0. The third kappa shape index (κ3) is 1.36. The Morgan fingerprint density at radius 3 is 3.08 bits per heavy atom. The van der Waals surface area contributed by atoms with E-state index in [1.807, 2.05) is 6.07 Å². The molecule has 2 aromatic heterocycles. The van der Waals surface area contributed by atoms with Gasteiger partial charge in [-0.15, -0.1) is 0 Å². The Hall–Kier alpha value is -1.89. The summed E-state index contributed by atoms with van der Waals surface area (Å²) in [6.45, 7) is 0. The van der Waals surface area contributed by atoms with E-state index in [-0.39, 0.29) is 12.2 Å². The van der Waals surface area contributed by atoms with Gasteiger partial charge in [-0.1, -0.05) is 0 Å².